The summed E-state index contributed by atoms with van der Waals surface area (Å²) in [6, 6.07) is 8.58. The molecule has 6 heteroatoms. The molecule has 1 aromatic carbocycles. The largest absolute Gasteiger partial charge is 0.381 e. The van der Waals surface area contributed by atoms with Gasteiger partial charge in [-0.25, -0.2) is 0 Å². The molecule has 0 aliphatic carbocycles. The van der Waals surface area contributed by atoms with Crippen molar-refractivity contribution in [1.29, 1.82) is 0 Å². The van der Waals surface area contributed by atoms with E-state index in [1.54, 1.807) is 0 Å². The summed E-state index contributed by atoms with van der Waals surface area (Å²) in [7, 11) is 8.02. The summed E-state index contributed by atoms with van der Waals surface area (Å²) in [4.78, 5) is 8.67. The highest BCUT2D eigenvalue weighted by molar-refractivity contribution is 14.0. The number of guanidine groups is 1. The van der Waals surface area contributed by atoms with Crippen molar-refractivity contribution in [2.24, 2.45) is 10.9 Å². The molecular formula is C17H29IN4O. The average molecular weight is 432 g/mol. The summed E-state index contributed by atoms with van der Waals surface area (Å²) in [6.45, 7) is 3.53. The van der Waals surface area contributed by atoms with Crippen LogP contribution in [-0.2, 0) is 11.3 Å². The Kier molecular flexibility index (Phi) is 8.68. The lowest BCUT2D eigenvalue weighted by Gasteiger charge is -2.24. The molecule has 1 N–H and O–H groups in total. The van der Waals surface area contributed by atoms with Crippen molar-refractivity contribution in [2.75, 3.05) is 52.8 Å². The molecule has 1 aromatic rings. The van der Waals surface area contributed by atoms with E-state index >= 15 is 0 Å². The number of halogens is 1. The summed E-state index contributed by atoms with van der Waals surface area (Å²) in [5.41, 5.74) is 2.47. The Bertz CT molecular complexity index is 484. The van der Waals surface area contributed by atoms with Crippen molar-refractivity contribution >= 4 is 35.6 Å². The highest BCUT2D eigenvalue weighted by atomic mass is 127. The highest BCUT2D eigenvalue weighted by Gasteiger charge is 2.18. The molecule has 5 nitrogen and oxygen atoms in total. The van der Waals surface area contributed by atoms with Crippen molar-refractivity contribution in [3.05, 3.63) is 29.8 Å². The second-order valence-electron chi connectivity index (χ2n) is 6.07. The standard InChI is InChI=1S/C17H28N4O.HI/c1-18-17(21(4)12-15-9-10-22-13-15)19-11-14-5-7-16(8-6-14)20(2)3;/h5-8,15H,9-13H2,1-4H3,(H,18,19);1H. The number of nitrogens with zero attached hydrogens (tertiary/aromatic N) is 3. The van der Waals surface area contributed by atoms with Crippen LogP contribution in [0.3, 0.4) is 0 Å². The molecule has 1 heterocycles. The van der Waals surface area contributed by atoms with E-state index in [-0.39, 0.29) is 24.0 Å². The molecule has 1 aliphatic heterocycles. The first-order valence-corrected chi connectivity index (χ1v) is 7.86. The van der Waals surface area contributed by atoms with Gasteiger partial charge in [0, 0.05) is 59.5 Å². The number of rotatable bonds is 5. The Morgan fingerprint density at radius 2 is 1.96 bits per heavy atom. The van der Waals surface area contributed by atoms with E-state index in [1.165, 1.54) is 11.3 Å². The monoisotopic (exact) mass is 432 g/mol. The quantitative estimate of drug-likeness (QED) is 0.441. The number of anilines is 1. The molecule has 1 fully saturated rings. The van der Waals surface area contributed by atoms with Gasteiger partial charge in [-0.2, -0.15) is 0 Å². The Morgan fingerprint density at radius 1 is 1.26 bits per heavy atom. The number of hydrogen-bond donors (Lipinski definition) is 1. The van der Waals surface area contributed by atoms with Crippen LogP contribution in [0.25, 0.3) is 0 Å². The molecule has 0 amide bonds. The van der Waals surface area contributed by atoms with Gasteiger partial charge in [-0.15, -0.1) is 24.0 Å². The molecule has 0 aromatic heterocycles. The minimum atomic E-state index is 0. The van der Waals surface area contributed by atoms with Crippen molar-refractivity contribution < 1.29 is 4.74 Å². The van der Waals surface area contributed by atoms with E-state index in [9.17, 15) is 0 Å². The molecule has 0 saturated carbocycles. The summed E-state index contributed by atoms with van der Waals surface area (Å²) in [5, 5.41) is 3.43. The third-order valence-corrected chi connectivity index (χ3v) is 4.03. The molecule has 0 spiro atoms. The van der Waals surface area contributed by atoms with Gasteiger partial charge in [0.15, 0.2) is 5.96 Å². The molecule has 1 atom stereocenters. The van der Waals surface area contributed by atoms with E-state index in [1.807, 2.05) is 7.05 Å². The zero-order valence-corrected chi connectivity index (χ0v) is 16.9. The maximum Gasteiger partial charge on any atom is 0.193 e. The third kappa shape index (κ3) is 6.18. The summed E-state index contributed by atoms with van der Waals surface area (Å²) >= 11 is 0. The topological polar surface area (TPSA) is 40.1 Å². The molecule has 1 unspecified atom stereocenters. The van der Waals surface area contributed by atoms with Crippen molar-refractivity contribution in [3.8, 4) is 0 Å². The van der Waals surface area contributed by atoms with Crippen LogP contribution in [0.1, 0.15) is 12.0 Å². The molecule has 0 bridgehead atoms. The Morgan fingerprint density at radius 3 is 2.48 bits per heavy atom. The number of hydrogen-bond acceptors (Lipinski definition) is 3. The minimum Gasteiger partial charge on any atom is -0.381 e. The minimum absolute atomic E-state index is 0. The summed E-state index contributed by atoms with van der Waals surface area (Å²) in [5.74, 6) is 1.55. The van der Waals surface area contributed by atoms with Crippen LogP contribution in [0.2, 0.25) is 0 Å². The van der Waals surface area contributed by atoms with Crippen molar-refractivity contribution in [2.45, 2.75) is 13.0 Å². The summed E-state index contributed by atoms with van der Waals surface area (Å²) in [6.07, 6.45) is 1.15. The SMILES string of the molecule is CN=C(NCc1ccc(N(C)C)cc1)N(C)CC1CCOC1.I. The molecule has 2 rings (SSSR count). The van der Waals surface area contributed by atoms with E-state index in [0.29, 0.717) is 5.92 Å². The van der Waals surface area contributed by atoms with Gasteiger partial charge >= 0.3 is 0 Å². The molecular weight excluding hydrogens is 403 g/mol. The van der Waals surface area contributed by atoms with E-state index in [0.717, 1.165) is 38.7 Å². The van der Waals surface area contributed by atoms with Crippen molar-refractivity contribution in [1.82, 2.24) is 10.2 Å². The normalized spacial score (nSPS) is 17.6. The van der Waals surface area contributed by atoms with Crippen molar-refractivity contribution in [3.63, 3.8) is 0 Å². The number of ether oxygens (including phenoxy) is 1. The Labute approximate surface area is 157 Å². The zero-order chi connectivity index (χ0) is 15.9. The molecule has 1 saturated heterocycles. The molecule has 0 radical (unpaired) electrons. The van der Waals surface area contributed by atoms with Gasteiger partial charge in [-0.3, -0.25) is 4.99 Å². The van der Waals surface area contributed by atoms with Gasteiger partial charge < -0.3 is 19.9 Å². The van der Waals surface area contributed by atoms with Gasteiger partial charge in [-0.05, 0) is 24.1 Å². The van der Waals surface area contributed by atoms with Crippen LogP contribution in [0.15, 0.2) is 29.3 Å². The first-order chi connectivity index (χ1) is 10.6. The highest BCUT2D eigenvalue weighted by Crippen LogP contribution is 2.14. The van der Waals surface area contributed by atoms with E-state index in [4.69, 9.17) is 4.74 Å². The van der Waals surface area contributed by atoms with Crippen LogP contribution in [0.4, 0.5) is 5.69 Å². The predicted octanol–water partition coefficient (Wildman–Crippen LogP) is 2.41. The Hall–Kier alpha value is -1.02. The van der Waals surface area contributed by atoms with Gasteiger partial charge in [0.05, 0.1) is 6.61 Å². The number of nitrogens with one attached hydrogen (secondary N) is 1. The number of benzene rings is 1. The fourth-order valence-corrected chi connectivity index (χ4v) is 2.68. The summed E-state index contributed by atoms with van der Waals surface area (Å²) < 4.78 is 5.44. The smallest absolute Gasteiger partial charge is 0.193 e. The average Bonchev–Trinajstić information content (AvgIpc) is 3.01. The fourth-order valence-electron chi connectivity index (χ4n) is 2.68. The van der Waals surface area contributed by atoms with Gasteiger partial charge in [0.1, 0.15) is 0 Å². The second-order valence-corrected chi connectivity index (χ2v) is 6.07. The van der Waals surface area contributed by atoms with Crippen LogP contribution in [-0.4, -0.2) is 58.8 Å². The second kappa shape index (κ2) is 9.97. The van der Waals surface area contributed by atoms with Crippen LogP contribution < -0.4 is 10.2 Å². The lowest BCUT2D eigenvalue weighted by atomic mass is 10.1. The van der Waals surface area contributed by atoms with Gasteiger partial charge in [0.2, 0.25) is 0 Å². The lowest BCUT2D eigenvalue weighted by Crippen LogP contribution is -2.41. The van der Waals surface area contributed by atoms with Crippen LogP contribution in [0.5, 0.6) is 0 Å². The van der Waals surface area contributed by atoms with E-state index in [2.05, 4.69) is 65.5 Å². The third-order valence-electron chi connectivity index (χ3n) is 4.03. The van der Waals surface area contributed by atoms with Crippen LogP contribution >= 0.6 is 24.0 Å². The predicted molar refractivity (Wildman–Crippen MR) is 108 cm³/mol. The zero-order valence-electron chi connectivity index (χ0n) is 14.6. The maximum atomic E-state index is 5.44. The number of aliphatic imine (C=N–C) groups is 1. The fraction of sp³-hybridized carbons (Fsp3) is 0.588. The Balaban J connectivity index is 0.00000264. The lowest BCUT2D eigenvalue weighted by molar-refractivity contribution is 0.181. The van der Waals surface area contributed by atoms with Gasteiger partial charge in [-0.1, -0.05) is 12.1 Å². The van der Waals surface area contributed by atoms with Crippen LogP contribution in [0, 0.1) is 5.92 Å². The molecule has 23 heavy (non-hydrogen) atoms. The maximum absolute atomic E-state index is 5.44. The first kappa shape index (κ1) is 20.0. The molecule has 1 aliphatic rings. The van der Waals surface area contributed by atoms with Gasteiger partial charge in [0.25, 0.3) is 0 Å². The first-order valence-electron chi connectivity index (χ1n) is 7.86. The molecule has 130 valence electrons. The van der Waals surface area contributed by atoms with E-state index < -0.39 is 0 Å².